The van der Waals surface area contributed by atoms with Gasteiger partial charge in [-0.3, -0.25) is 9.59 Å². The Balaban J connectivity index is 1.64. The summed E-state index contributed by atoms with van der Waals surface area (Å²) in [5.74, 6) is 1.27. The van der Waals surface area contributed by atoms with Crippen molar-refractivity contribution >= 4 is 11.8 Å². The summed E-state index contributed by atoms with van der Waals surface area (Å²) < 4.78 is 28.6. The molecule has 0 radical (unpaired) electrons. The minimum absolute atomic E-state index is 0.0829. The Hall–Kier alpha value is -3.06. The molecule has 0 atom stereocenters. The summed E-state index contributed by atoms with van der Waals surface area (Å²) in [6.07, 6.45) is 2.46. The molecule has 1 aliphatic carbocycles. The third kappa shape index (κ3) is 4.75. The highest BCUT2D eigenvalue weighted by atomic mass is 16.6. The van der Waals surface area contributed by atoms with Crippen molar-refractivity contribution in [3.05, 3.63) is 41.5 Å². The summed E-state index contributed by atoms with van der Waals surface area (Å²) in [6.45, 7) is 4.89. The first-order chi connectivity index (χ1) is 16.4. The Kier molecular flexibility index (Phi) is 7.12. The van der Waals surface area contributed by atoms with E-state index in [4.69, 9.17) is 23.7 Å². The molecule has 0 saturated carbocycles. The van der Waals surface area contributed by atoms with E-state index in [1.54, 1.807) is 28.1 Å². The quantitative estimate of drug-likeness (QED) is 0.523. The van der Waals surface area contributed by atoms with Gasteiger partial charge in [0, 0.05) is 30.4 Å². The van der Waals surface area contributed by atoms with E-state index in [9.17, 15) is 9.59 Å². The van der Waals surface area contributed by atoms with Gasteiger partial charge in [-0.05, 0) is 43.5 Å². The predicted octanol–water partition coefficient (Wildman–Crippen LogP) is 4.63. The number of esters is 1. The predicted molar refractivity (Wildman–Crippen MR) is 127 cm³/mol. The molecule has 7 nitrogen and oxygen atoms in total. The Morgan fingerprint density at radius 1 is 0.971 bits per heavy atom. The van der Waals surface area contributed by atoms with Crippen molar-refractivity contribution in [3.8, 4) is 28.4 Å². The highest BCUT2D eigenvalue weighted by molar-refractivity contribution is 6.02. The number of ketones is 1. The normalized spacial score (nSPS) is 16.2. The standard InChI is InChI=1S/C27H32O7/c1-27(2,26(29)34-17-12-14-32-15-13-17)16-33-24-21(9-11-23(30-3)25(24)31-4)18-6-5-7-20-19(18)8-10-22(20)28/h5-7,9,11,17H,8,10,12-16H2,1-4H3. The van der Waals surface area contributed by atoms with Crippen LogP contribution in [-0.4, -0.2) is 51.9 Å². The number of carbonyl (C=O) groups is 2. The first-order valence-electron chi connectivity index (χ1n) is 11.7. The molecule has 0 bridgehead atoms. The van der Waals surface area contributed by atoms with E-state index < -0.39 is 5.41 Å². The fourth-order valence-electron chi connectivity index (χ4n) is 4.41. The van der Waals surface area contributed by atoms with E-state index in [-0.39, 0.29) is 24.5 Å². The van der Waals surface area contributed by atoms with Crippen LogP contribution in [0.3, 0.4) is 0 Å². The second kappa shape index (κ2) is 10.1. The van der Waals surface area contributed by atoms with Gasteiger partial charge in [-0.2, -0.15) is 0 Å². The van der Waals surface area contributed by atoms with Gasteiger partial charge in [-0.25, -0.2) is 0 Å². The Bertz CT molecular complexity index is 1070. The maximum Gasteiger partial charge on any atom is 0.315 e. The van der Waals surface area contributed by atoms with Crippen molar-refractivity contribution < 1.29 is 33.3 Å². The fraction of sp³-hybridized carbons (Fsp3) is 0.481. The Morgan fingerprint density at radius 3 is 2.41 bits per heavy atom. The lowest BCUT2D eigenvalue weighted by Crippen LogP contribution is -2.37. The molecule has 1 saturated heterocycles. The molecule has 7 heteroatoms. The zero-order chi connectivity index (χ0) is 24.3. The van der Waals surface area contributed by atoms with E-state index >= 15 is 0 Å². The van der Waals surface area contributed by atoms with Gasteiger partial charge in [0.05, 0.1) is 32.8 Å². The fourth-order valence-corrected chi connectivity index (χ4v) is 4.41. The zero-order valence-corrected chi connectivity index (χ0v) is 20.3. The van der Waals surface area contributed by atoms with Crippen LogP contribution in [0.5, 0.6) is 17.2 Å². The molecule has 0 N–H and O–H groups in total. The second-order valence-corrected chi connectivity index (χ2v) is 9.32. The number of rotatable bonds is 8. The van der Waals surface area contributed by atoms with E-state index in [2.05, 4.69) is 0 Å². The topological polar surface area (TPSA) is 80.3 Å². The van der Waals surface area contributed by atoms with Gasteiger partial charge in [0.2, 0.25) is 5.75 Å². The van der Waals surface area contributed by atoms with Crippen molar-refractivity contribution in [1.82, 2.24) is 0 Å². The van der Waals surface area contributed by atoms with Gasteiger partial charge >= 0.3 is 5.97 Å². The molecule has 4 rings (SSSR count). The van der Waals surface area contributed by atoms with Gasteiger partial charge in [0.25, 0.3) is 0 Å². The number of fused-ring (bicyclic) bond motifs is 1. The van der Waals surface area contributed by atoms with Crippen molar-refractivity contribution in [2.45, 2.75) is 45.6 Å². The molecule has 2 aliphatic rings. The SMILES string of the molecule is COc1ccc(-c2cccc3c2CCC3=O)c(OCC(C)(C)C(=O)OC2CCOCC2)c1OC. The molecule has 1 aliphatic heterocycles. The van der Waals surface area contributed by atoms with E-state index in [0.717, 1.165) is 22.3 Å². The van der Waals surface area contributed by atoms with Gasteiger partial charge in [-0.15, -0.1) is 0 Å². The summed E-state index contributed by atoms with van der Waals surface area (Å²) in [5, 5.41) is 0. The average Bonchev–Trinajstić information content (AvgIpc) is 3.23. The van der Waals surface area contributed by atoms with E-state index in [1.165, 1.54) is 0 Å². The van der Waals surface area contributed by atoms with Crippen LogP contribution in [-0.2, 0) is 20.7 Å². The minimum atomic E-state index is -0.891. The maximum atomic E-state index is 12.9. The minimum Gasteiger partial charge on any atom is -0.493 e. The zero-order valence-electron chi connectivity index (χ0n) is 20.3. The van der Waals surface area contributed by atoms with E-state index in [1.807, 2.05) is 30.3 Å². The summed E-state index contributed by atoms with van der Waals surface area (Å²) in [6, 6.07) is 9.46. The Morgan fingerprint density at radius 2 is 1.71 bits per heavy atom. The molecular weight excluding hydrogens is 436 g/mol. The number of hydrogen-bond donors (Lipinski definition) is 0. The summed E-state index contributed by atoms with van der Waals surface area (Å²) in [4.78, 5) is 25.3. The van der Waals surface area contributed by atoms with E-state index in [0.29, 0.717) is 56.1 Å². The molecule has 1 heterocycles. The number of carbonyl (C=O) groups excluding carboxylic acids is 2. The van der Waals surface area contributed by atoms with Gasteiger partial charge in [0.15, 0.2) is 17.3 Å². The smallest absolute Gasteiger partial charge is 0.315 e. The number of methoxy groups -OCH3 is 2. The number of Topliss-reactive ketones (excluding diaryl/α,β-unsaturated/α-hetero) is 1. The highest BCUT2D eigenvalue weighted by Crippen LogP contribution is 2.47. The second-order valence-electron chi connectivity index (χ2n) is 9.32. The molecule has 2 aromatic carbocycles. The van der Waals surface area contributed by atoms with Crippen LogP contribution >= 0.6 is 0 Å². The third-order valence-corrected chi connectivity index (χ3v) is 6.44. The Labute approximate surface area is 200 Å². The van der Waals surface area contributed by atoms with Crippen molar-refractivity contribution in [2.24, 2.45) is 5.41 Å². The molecule has 0 aromatic heterocycles. The monoisotopic (exact) mass is 468 g/mol. The average molecular weight is 469 g/mol. The summed E-state index contributed by atoms with van der Waals surface area (Å²) >= 11 is 0. The molecule has 182 valence electrons. The van der Waals surface area contributed by atoms with Gasteiger partial charge < -0.3 is 23.7 Å². The molecule has 0 amide bonds. The first kappa shape index (κ1) is 24.1. The third-order valence-electron chi connectivity index (χ3n) is 6.44. The van der Waals surface area contributed by atoms with Crippen LogP contribution in [0.2, 0.25) is 0 Å². The molecule has 1 fully saturated rings. The largest absolute Gasteiger partial charge is 0.493 e. The molecule has 0 spiro atoms. The van der Waals surface area contributed by atoms with Crippen LogP contribution in [0, 0.1) is 5.41 Å². The van der Waals surface area contributed by atoms with Crippen LogP contribution in [0.4, 0.5) is 0 Å². The molecule has 2 aromatic rings. The first-order valence-corrected chi connectivity index (χ1v) is 11.7. The van der Waals surface area contributed by atoms with Crippen LogP contribution in [0.25, 0.3) is 11.1 Å². The van der Waals surface area contributed by atoms with Crippen molar-refractivity contribution in [2.75, 3.05) is 34.0 Å². The van der Waals surface area contributed by atoms with Crippen LogP contribution in [0.1, 0.15) is 49.0 Å². The van der Waals surface area contributed by atoms with Crippen LogP contribution in [0.15, 0.2) is 30.3 Å². The lowest BCUT2D eigenvalue weighted by Gasteiger charge is -2.29. The molecule has 34 heavy (non-hydrogen) atoms. The van der Waals surface area contributed by atoms with Gasteiger partial charge in [-0.1, -0.05) is 18.2 Å². The van der Waals surface area contributed by atoms with Crippen molar-refractivity contribution in [3.63, 3.8) is 0 Å². The molecule has 0 unspecified atom stereocenters. The highest BCUT2D eigenvalue weighted by Gasteiger charge is 2.34. The summed E-state index contributed by atoms with van der Waals surface area (Å²) in [7, 11) is 3.12. The summed E-state index contributed by atoms with van der Waals surface area (Å²) in [5.41, 5.74) is 2.57. The maximum absolute atomic E-state index is 12.9. The number of hydrogen-bond acceptors (Lipinski definition) is 7. The van der Waals surface area contributed by atoms with Crippen molar-refractivity contribution in [1.29, 1.82) is 0 Å². The lowest BCUT2D eigenvalue weighted by atomic mass is 9.94. The lowest BCUT2D eigenvalue weighted by molar-refractivity contribution is -0.165. The molecular formula is C27H32O7. The number of benzene rings is 2. The van der Waals surface area contributed by atoms with Gasteiger partial charge in [0.1, 0.15) is 12.7 Å². The number of ether oxygens (including phenoxy) is 5. The van der Waals surface area contributed by atoms with Crippen LogP contribution < -0.4 is 14.2 Å².